The molecular weight excluding hydrogens is 284 g/mol. The molecule has 2 heterocycles. The second-order valence-electron chi connectivity index (χ2n) is 8.11. The van der Waals surface area contributed by atoms with Gasteiger partial charge in [0.05, 0.1) is 0 Å². The van der Waals surface area contributed by atoms with Gasteiger partial charge in [-0.25, -0.2) is 4.79 Å². The Morgan fingerprint density at radius 2 is 1.83 bits per heavy atom. The minimum absolute atomic E-state index is 0.165. The minimum Gasteiger partial charge on any atom is -0.325 e. The Hall–Kier alpha value is -1.51. The summed E-state index contributed by atoms with van der Waals surface area (Å²) in [4.78, 5) is 17.4. The van der Waals surface area contributed by atoms with Crippen LogP contribution >= 0.6 is 0 Å². The van der Waals surface area contributed by atoms with Gasteiger partial charge in [0, 0.05) is 25.7 Å². The van der Waals surface area contributed by atoms with Crippen molar-refractivity contribution in [2.75, 3.05) is 19.6 Å². The normalized spacial score (nSPS) is 29.1. The highest BCUT2D eigenvalue weighted by Crippen LogP contribution is 2.51. The van der Waals surface area contributed by atoms with E-state index in [1.807, 2.05) is 0 Å². The van der Waals surface area contributed by atoms with Gasteiger partial charge in [0.15, 0.2) is 0 Å². The third kappa shape index (κ3) is 2.36. The van der Waals surface area contributed by atoms with E-state index in [9.17, 15) is 4.79 Å². The first-order valence-electron chi connectivity index (χ1n) is 9.22. The van der Waals surface area contributed by atoms with E-state index in [1.54, 1.807) is 0 Å². The van der Waals surface area contributed by atoms with Crippen LogP contribution in [0.5, 0.6) is 0 Å². The van der Waals surface area contributed by atoms with Crippen molar-refractivity contribution < 1.29 is 4.79 Å². The number of hydrogen-bond donors (Lipinski definition) is 0. The molecule has 0 unspecified atom stereocenters. The molecule has 0 radical (unpaired) electrons. The number of hydrogen-bond acceptors (Lipinski definition) is 1. The van der Waals surface area contributed by atoms with Gasteiger partial charge in [0.1, 0.15) is 0 Å². The number of likely N-dealkylation sites (tertiary alicyclic amines) is 2. The topological polar surface area (TPSA) is 23.6 Å². The van der Waals surface area contributed by atoms with Crippen molar-refractivity contribution >= 4 is 6.03 Å². The minimum atomic E-state index is 0.165. The smallest absolute Gasteiger partial charge is 0.320 e. The largest absolute Gasteiger partial charge is 0.325 e. The molecule has 3 heteroatoms. The zero-order valence-corrected chi connectivity index (χ0v) is 14.4. The lowest BCUT2D eigenvalue weighted by atomic mass is 9.59. The molecule has 124 valence electrons. The number of amides is 2. The van der Waals surface area contributed by atoms with Crippen LogP contribution in [0.25, 0.3) is 0 Å². The van der Waals surface area contributed by atoms with Crippen molar-refractivity contribution in [2.45, 2.75) is 57.9 Å². The van der Waals surface area contributed by atoms with Crippen LogP contribution in [-0.4, -0.2) is 41.5 Å². The molecule has 2 aliphatic heterocycles. The van der Waals surface area contributed by atoms with Crippen LogP contribution in [0.4, 0.5) is 4.79 Å². The third-order valence-electron chi connectivity index (χ3n) is 6.51. The fourth-order valence-corrected chi connectivity index (χ4v) is 5.12. The number of rotatable bonds is 0. The zero-order valence-electron chi connectivity index (χ0n) is 14.4. The van der Waals surface area contributed by atoms with Crippen LogP contribution in [0.1, 0.15) is 56.6 Å². The summed E-state index contributed by atoms with van der Waals surface area (Å²) in [6.07, 6.45) is 5.71. The summed E-state index contributed by atoms with van der Waals surface area (Å²) >= 11 is 0. The van der Waals surface area contributed by atoms with Crippen LogP contribution in [0.2, 0.25) is 0 Å². The molecule has 1 aromatic rings. The Morgan fingerprint density at radius 1 is 1.09 bits per heavy atom. The molecule has 2 saturated heterocycles. The van der Waals surface area contributed by atoms with Gasteiger partial charge in [-0.05, 0) is 54.6 Å². The highest BCUT2D eigenvalue weighted by Gasteiger charge is 2.50. The number of benzene rings is 1. The summed E-state index contributed by atoms with van der Waals surface area (Å²) < 4.78 is 0. The van der Waals surface area contributed by atoms with E-state index in [0.717, 1.165) is 32.5 Å². The van der Waals surface area contributed by atoms with Gasteiger partial charge >= 0.3 is 6.03 Å². The van der Waals surface area contributed by atoms with Gasteiger partial charge < -0.3 is 9.80 Å². The van der Waals surface area contributed by atoms with Gasteiger partial charge in [0.25, 0.3) is 0 Å². The Balaban J connectivity index is 1.64. The second-order valence-corrected chi connectivity index (χ2v) is 8.11. The fraction of sp³-hybridized carbons (Fsp3) is 0.650. The van der Waals surface area contributed by atoms with Crippen LogP contribution in [-0.2, 0) is 6.42 Å². The quantitative estimate of drug-likeness (QED) is 0.709. The van der Waals surface area contributed by atoms with E-state index in [1.165, 1.54) is 30.4 Å². The monoisotopic (exact) mass is 312 g/mol. The third-order valence-corrected chi connectivity index (χ3v) is 6.51. The van der Waals surface area contributed by atoms with Crippen molar-refractivity contribution in [1.82, 2.24) is 9.80 Å². The summed E-state index contributed by atoms with van der Waals surface area (Å²) in [6, 6.07) is 9.51. The second kappa shape index (κ2) is 5.54. The van der Waals surface area contributed by atoms with Crippen LogP contribution in [0, 0.1) is 5.41 Å². The SMILES string of the molecule is CC1(C)[C@@H]2Cc3ccccc3[C@@H]1CCN2C(=O)N1CCCCC1. The first-order valence-corrected chi connectivity index (χ1v) is 9.22. The first kappa shape index (κ1) is 15.0. The number of carbonyl (C=O) groups is 1. The first-order chi connectivity index (χ1) is 11.1. The standard InChI is InChI=1S/C20H28N2O/c1-20(2)17-10-13-22(19(23)21-11-6-3-7-12-21)18(20)14-15-8-4-5-9-16(15)17/h4-5,8-9,17-18H,3,6-7,10-14H2,1-2H3/t17-,18-/m0/s1. The molecule has 1 aliphatic carbocycles. The van der Waals surface area contributed by atoms with E-state index in [-0.39, 0.29) is 5.41 Å². The van der Waals surface area contributed by atoms with Crippen molar-refractivity contribution in [1.29, 1.82) is 0 Å². The average Bonchev–Trinajstić information content (AvgIpc) is 2.55. The van der Waals surface area contributed by atoms with Gasteiger partial charge in [-0.15, -0.1) is 0 Å². The molecule has 23 heavy (non-hydrogen) atoms. The summed E-state index contributed by atoms with van der Waals surface area (Å²) in [5.41, 5.74) is 3.15. The Labute approximate surface area is 139 Å². The maximum Gasteiger partial charge on any atom is 0.320 e. The summed E-state index contributed by atoms with van der Waals surface area (Å²) in [7, 11) is 0. The molecule has 4 rings (SSSR count). The van der Waals surface area contributed by atoms with Crippen LogP contribution in [0.3, 0.4) is 0 Å². The molecule has 1 aromatic carbocycles. The molecule has 2 fully saturated rings. The number of urea groups is 1. The lowest BCUT2D eigenvalue weighted by molar-refractivity contribution is 0.0189. The van der Waals surface area contributed by atoms with E-state index in [2.05, 4.69) is 47.9 Å². The molecule has 0 spiro atoms. The molecule has 2 atom stereocenters. The molecule has 3 aliphatic rings. The van der Waals surface area contributed by atoms with E-state index in [0.29, 0.717) is 18.0 Å². The molecular formula is C20H28N2O. The highest BCUT2D eigenvalue weighted by molar-refractivity contribution is 5.75. The van der Waals surface area contributed by atoms with E-state index in [4.69, 9.17) is 0 Å². The zero-order chi connectivity index (χ0) is 16.0. The van der Waals surface area contributed by atoms with Gasteiger partial charge in [-0.3, -0.25) is 0 Å². The van der Waals surface area contributed by atoms with Crippen LogP contribution < -0.4 is 0 Å². The van der Waals surface area contributed by atoms with Crippen molar-refractivity contribution in [3.63, 3.8) is 0 Å². The van der Waals surface area contributed by atoms with Gasteiger partial charge in [-0.1, -0.05) is 38.1 Å². The average molecular weight is 312 g/mol. The fourth-order valence-electron chi connectivity index (χ4n) is 5.12. The number of nitrogens with zero attached hydrogens (tertiary/aromatic N) is 2. The van der Waals surface area contributed by atoms with Crippen molar-refractivity contribution in [2.24, 2.45) is 5.41 Å². The molecule has 2 amide bonds. The predicted molar refractivity (Wildman–Crippen MR) is 92.6 cm³/mol. The van der Waals surface area contributed by atoms with E-state index < -0.39 is 0 Å². The summed E-state index contributed by atoms with van der Waals surface area (Å²) in [6.45, 7) is 7.55. The van der Waals surface area contributed by atoms with E-state index >= 15 is 0 Å². The Kier molecular flexibility index (Phi) is 3.62. The summed E-state index contributed by atoms with van der Waals surface area (Å²) in [5, 5.41) is 0. The van der Waals surface area contributed by atoms with Gasteiger partial charge in [0.2, 0.25) is 0 Å². The molecule has 0 N–H and O–H groups in total. The van der Waals surface area contributed by atoms with Crippen LogP contribution in [0.15, 0.2) is 24.3 Å². The van der Waals surface area contributed by atoms with Gasteiger partial charge in [-0.2, -0.15) is 0 Å². The predicted octanol–water partition coefficient (Wildman–Crippen LogP) is 4.03. The lowest BCUT2D eigenvalue weighted by Crippen LogP contribution is -2.61. The maximum atomic E-state index is 13.1. The highest BCUT2D eigenvalue weighted by atomic mass is 16.2. The number of piperidine rings is 2. The van der Waals surface area contributed by atoms with Crippen molar-refractivity contribution in [3.8, 4) is 0 Å². The maximum absolute atomic E-state index is 13.1. The lowest BCUT2D eigenvalue weighted by Gasteiger charge is -2.55. The molecule has 3 nitrogen and oxygen atoms in total. The van der Waals surface area contributed by atoms with Crippen molar-refractivity contribution in [3.05, 3.63) is 35.4 Å². The Bertz CT molecular complexity index is 603. The molecule has 0 aromatic heterocycles. The molecule has 0 saturated carbocycles. The molecule has 2 bridgehead atoms. The Morgan fingerprint density at radius 3 is 2.61 bits per heavy atom. The number of carbonyl (C=O) groups excluding carboxylic acids is 1. The number of fused-ring (bicyclic) bond motifs is 4. The summed E-state index contributed by atoms with van der Waals surface area (Å²) in [5.74, 6) is 0.586.